The maximum Gasteiger partial charge on any atom is 0.266 e. The Labute approximate surface area is 235 Å². The number of anilines is 1. The zero-order valence-electron chi connectivity index (χ0n) is 21.6. The van der Waals surface area contributed by atoms with Crippen LogP contribution in [0.1, 0.15) is 22.3 Å². The molecule has 39 heavy (non-hydrogen) atoms. The van der Waals surface area contributed by atoms with Gasteiger partial charge in [0.2, 0.25) is 6.79 Å². The highest BCUT2D eigenvalue weighted by atomic mass is 32.2. The monoisotopic (exact) mass is 562 g/mol. The SMILES string of the molecule is COc1cc(/C=C2\SC(=S)N(Cc3ccc4c(c3)OCO4)C2=O)ccc1OCC(=O)Nc1cc(C)cc(C)c1. The van der Waals surface area contributed by atoms with Gasteiger partial charge in [-0.25, -0.2) is 0 Å². The summed E-state index contributed by atoms with van der Waals surface area (Å²) in [4.78, 5) is 27.6. The van der Waals surface area contributed by atoms with Gasteiger partial charge in [0.05, 0.1) is 18.6 Å². The van der Waals surface area contributed by atoms with E-state index in [2.05, 4.69) is 5.32 Å². The molecule has 0 radical (unpaired) electrons. The molecule has 1 N–H and O–H groups in total. The van der Waals surface area contributed by atoms with Crippen LogP contribution < -0.4 is 24.3 Å². The summed E-state index contributed by atoms with van der Waals surface area (Å²) in [5.74, 6) is 1.75. The van der Waals surface area contributed by atoms with Crippen molar-refractivity contribution in [3.8, 4) is 23.0 Å². The molecule has 1 fully saturated rings. The van der Waals surface area contributed by atoms with Crippen LogP contribution in [0.5, 0.6) is 23.0 Å². The van der Waals surface area contributed by atoms with E-state index < -0.39 is 0 Å². The van der Waals surface area contributed by atoms with Gasteiger partial charge in [-0.05, 0) is 78.6 Å². The first kappa shape index (κ1) is 26.6. The number of hydrogen-bond donors (Lipinski definition) is 1. The number of carbonyl (C=O) groups excluding carboxylic acids is 2. The smallest absolute Gasteiger partial charge is 0.266 e. The largest absolute Gasteiger partial charge is 0.493 e. The van der Waals surface area contributed by atoms with Crippen molar-refractivity contribution in [1.29, 1.82) is 0 Å². The molecule has 0 spiro atoms. The van der Waals surface area contributed by atoms with Crippen LogP contribution in [0.4, 0.5) is 5.69 Å². The summed E-state index contributed by atoms with van der Waals surface area (Å²) in [5, 5.41) is 2.85. The van der Waals surface area contributed by atoms with Crippen molar-refractivity contribution in [1.82, 2.24) is 4.90 Å². The van der Waals surface area contributed by atoms with Gasteiger partial charge in [-0.2, -0.15) is 0 Å². The summed E-state index contributed by atoms with van der Waals surface area (Å²) in [6, 6.07) is 16.7. The van der Waals surface area contributed by atoms with E-state index in [1.165, 1.54) is 18.9 Å². The molecule has 0 bridgehead atoms. The lowest BCUT2D eigenvalue weighted by molar-refractivity contribution is -0.122. The van der Waals surface area contributed by atoms with E-state index in [4.69, 9.17) is 31.2 Å². The Balaban J connectivity index is 1.23. The van der Waals surface area contributed by atoms with E-state index >= 15 is 0 Å². The Morgan fingerprint density at radius 3 is 2.59 bits per heavy atom. The summed E-state index contributed by atoms with van der Waals surface area (Å²) in [6.45, 7) is 4.29. The molecule has 1 saturated heterocycles. The number of amides is 2. The number of ether oxygens (including phenoxy) is 4. The molecule has 8 nitrogen and oxygen atoms in total. The Morgan fingerprint density at radius 1 is 1.05 bits per heavy atom. The van der Waals surface area contributed by atoms with Gasteiger partial charge in [0.1, 0.15) is 4.32 Å². The average molecular weight is 563 g/mol. The number of fused-ring (bicyclic) bond motifs is 1. The lowest BCUT2D eigenvalue weighted by Gasteiger charge is -2.14. The van der Waals surface area contributed by atoms with Crippen molar-refractivity contribution in [3.05, 3.63) is 81.8 Å². The Morgan fingerprint density at radius 2 is 1.82 bits per heavy atom. The fraction of sp³-hybridized carbons (Fsp3) is 0.207. The molecule has 2 aliphatic heterocycles. The van der Waals surface area contributed by atoms with Gasteiger partial charge in [-0.1, -0.05) is 42.2 Å². The van der Waals surface area contributed by atoms with E-state index in [0.29, 0.717) is 38.8 Å². The third-order valence-electron chi connectivity index (χ3n) is 6.00. The van der Waals surface area contributed by atoms with Crippen molar-refractivity contribution < 1.29 is 28.5 Å². The predicted molar refractivity (Wildman–Crippen MR) is 154 cm³/mol. The van der Waals surface area contributed by atoms with Crippen LogP contribution in [-0.4, -0.2) is 41.5 Å². The fourth-order valence-corrected chi connectivity index (χ4v) is 5.55. The summed E-state index contributed by atoms with van der Waals surface area (Å²) in [7, 11) is 1.52. The molecule has 0 aromatic heterocycles. The van der Waals surface area contributed by atoms with Gasteiger partial charge in [0.25, 0.3) is 11.8 Å². The third kappa shape index (κ3) is 6.18. The van der Waals surface area contributed by atoms with Gasteiger partial charge < -0.3 is 24.3 Å². The number of thioether (sulfide) groups is 1. The van der Waals surface area contributed by atoms with Crippen molar-refractivity contribution >= 4 is 51.9 Å². The zero-order chi connectivity index (χ0) is 27.5. The lowest BCUT2D eigenvalue weighted by atomic mass is 10.1. The fourth-order valence-electron chi connectivity index (χ4n) is 4.29. The lowest BCUT2D eigenvalue weighted by Crippen LogP contribution is -2.27. The Bertz CT molecular complexity index is 1480. The molecule has 2 heterocycles. The second-order valence-electron chi connectivity index (χ2n) is 9.08. The van der Waals surface area contributed by atoms with Gasteiger partial charge in [-0.15, -0.1) is 0 Å². The maximum absolute atomic E-state index is 13.1. The van der Waals surface area contributed by atoms with Crippen LogP contribution in [0.3, 0.4) is 0 Å². The first-order chi connectivity index (χ1) is 18.8. The molecule has 2 amide bonds. The Hall–Kier alpha value is -4.02. The number of rotatable bonds is 8. The molecule has 0 atom stereocenters. The third-order valence-corrected chi connectivity index (χ3v) is 7.38. The molecule has 0 saturated carbocycles. The second-order valence-corrected chi connectivity index (χ2v) is 10.8. The zero-order valence-corrected chi connectivity index (χ0v) is 23.2. The number of hydrogen-bond acceptors (Lipinski definition) is 8. The van der Waals surface area contributed by atoms with E-state index in [1.54, 1.807) is 29.2 Å². The van der Waals surface area contributed by atoms with Crippen LogP contribution in [0.25, 0.3) is 6.08 Å². The topological polar surface area (TPSA) is 86.3 Å². The highest BCUT2D eigenvalue weighted by Gasteiger charge is 2.32. The van der Waals surface area contributed by atoms with Crippen molar-refractivity contribution in [2.45, 2.75) is 20.4 Å². The molecule has 200 valence electrons. The van der Waals surface area contributed by atoms with Crippen molar-refractivity contribution in [3.63, 3.8) is 0 Å². The normalized spacial score (nSPS) is 15.2. The van der Waals surface area contributed by atoms with E-state index in [0.717, 1.165) is 27.9 Å². The summed E-state index contributed by atoms with van der Waals surface area (Å²) in [6.07, 6.45) is 1.76. The number of nitrogens with one attached hydrogen (secondary N) is 1. The van der Waals surface area contributed by atoms with Crippen LogP contribution in [-0.2, 0) is 16.1 Å². The standard InChI is InChI=1S/C29H26N2O6S2/c1-17-8-18(2)10-21(9-17)30-27(32)15-35-22-6-4-19(11-24(22)34-3)13-26-28(33)31(29(38)39-26)14-20-5-7-23-25(12-20)37-16-36-23/h4-13H,14-16H2,1-3H3,(H,30,32)/b26-13-. The van der Waals surface area contributed by atoms with E-state index in [-0.39, 0.29) is 25.2 Å². The molecule has 5 rings (SSSR count). The minimum absolute atomic E-state index is 0.176. The van der Waals surface area contributed by atoms with Crippen molar-refractivity contribution in [2.24, 2.45) is 0 Å². The summed E-state index contributed by atoms with van der Waals surface area (Å²) in [5.41, 5.74) is 4.48. The minimum atomic E-state index is -0.280. The number of aryl methyl sites for hydroxylation is 2. The van der Waals surface area contributed by atoms with Crippen LogP contribution >= 0.6 is 24.0 Å². The molecule has 0 aliphatic carbocycles. The molecular weight excluding hydrogens is 536 g/mol. The second kappa shape index (κ2) is 11.4. The molecule has 3 aromatic rings. The molecule has 10 heteroatoms. The Kier molecular flexibility index (Phi) is 7.76. The van der Waals surface area contributed by atoms with E-state index in [9.17, 15) is 9.59 Å². The van der Waals surface area contributed by atoms with Crippen molar-refractivity contribution in [2.75, 3.05) is 25.8 Å². The summed E-state index contributed by atoms with van der Waals surface area (Å²) >= 11 is 6.73. The minimum Gasteiger partial charge on any atom is -0.493 e. The van der Waals surface area contributed by atoms with Crippen LogP contribution in [0.2, 0.25) is 0 Å². The first-order valence-corrected chi connectivity index (χ1v) is 13.3. The summed E-state index contributed by atoms with van der Waals surface area (Å²) < 4.78 is 22.5. The molecular formula is C29H26N2O6S2. The van der Waals surface area contributed by atoms with Crippen LogP contribution in [0.15, 0.2) is 59.5 Å². The quantitative estimate of drug-likeness (QED) is 0.286. The predicted octanol–water partition coefficient (Wildman–Crippen LogP) is 5.46. The first-order valence-electron chi connectivity index (χ1n) is 12.1. The highest BCUT2D eigenvalue weighted by Crippen LogP contribution is 2.37. The average Bonchev–Trinajstić information content (AvgIpc) is 3.46. The van der Waals surface area contributed by atoms with E-state index in [1.807, 2.05) is 50.2 Å². The van der Waals surface area contributed by atoms with Gasteiger partial charge in [0.15, 0.2) is 29.6 Å². The van der Waals surface area contributed by atoms with Gasteiger partial charge in [0, 0.05) is 5.69 Å². The molecule has 3 aromatic carbocycles. The molecule has 0 unspecified atom stereocenters. The van der Waals surface area contributed by atoms with Gasteiger partial charge in [-0.3, -0.25) is 14.5 Å². The number of nitrogens with zero attached hydrogens (tertiary/aromatic N) is 1. The number of carbonyl (C=O) groups is 2. The molecule has 2 aliphatic rings. The van der Waals surface area contributed by atoms with Crippen LogP contribution in [0, 0.1) is 13.8 Å². The number of methoxy groups -OCH3 is 1. The number of thiocarbonyl (C=S) groups is 1. The highest BCUT2D eigenvalue weighted by molar-refractivity contribution is 8.26. The number of benzene rings is 3. The van der Waals surface area contributed by atoms with Gasteiger partial charge >= 0.3 is 0 Å². The maximum atomic E-state index is 13.1.